The summed E-state index contributed by atoms with van der Waals surface area (Å²) in [7, 11) is 1.89. The van der Waals surface area contributed by atoms with Crippen LogP contribution in [0.15, 0.2) is 30.6 Å². The first kappa shape index (κ1) is 13.3. The summed E-state index contributed by atoms with van der Waals surface area (Å²) >= 11 is 0. The Hall–Kier alpha value is -2.17. The number of Topliss-reactive ketones (excluding diaryl/α,β-unsaturated/α-hetero) is 1. The number of aromatic nitrogens is 2. The van der Waals surface area contributed by atoms with Crippen molar-refractivity contribution in [2.75, 3.05) is 6.61 Å². The highest BCUT2D eigenvalue weighted by molar-refractivity contribution is 5.94. The standard InChI is InChI=1S/C14H15FN2O2/c1-10(18)11-3-4-13(12(15)9-11)19-8-5-14-16-6-7-17(14)2/h3-4,6-7,9H,5,8H2,1-2H3. The molecular formula is C14H15FN2O2. The minimum absolute atomic E-state index is 0.152. The maximum absolute atomic E-state index is 13.7. The zero-order valence-electron chi connectivity index (χ0n) is 10.9. The Morgan fingerprint density at radius 1 is 1.47 bits per heavy atom. The van der Waals surface area contributed by atoms with E-state index in [1.165, 1.54) is 19.1 Å². The number of ether oxygens (including phenoxy) is 1. The fraction of sp³-hybridized carbons (Fsp3) is 0.286. The van der Waals surface area contributed by atoms with Crippen LogP contribution in [0, 0.1) is 5.82 Å². The van der Waals surface area contributed by atoms with Crippen LogP contribution in [0.3, 0.4) is 0 Å². The normalized spacial score (nSPS) is 10.5. The molecule has 0 amide bonds. The topological polar surface area (TPSA) is 44.1 Å². The van der Waals surface area contributed by atoms with Crippen LogP contribution >= 0.6 is 0 Å². The summed E-state index contributed by atoms with van der Waals surface area (Å²) in [6.45, 7) is 1.73. The van der Waals surface area contributed by atoms with Crippen LogP contribution in [0.4, 0.5) is 4.39 Å². The molecule has 0 aliphatic heterocycles. The third-order valence-electron chi connectivity index (χ3n) is 2.84. The number of hydrogen-bond acceptors (Lipinski definition) is 3. The second-order valence-corrected chi connectivity index (χ2v) is 4.25. The molecule has 1 aromatic carbocycles. The summed E-state index contributed by atoms with van der Waals surface area (Å²) < 4.78 is 20.9. The monoisotopic (exact) mass is 262 g/mol. The maximum Gasteiger partial charge on any atom is 0.165 e. The number of benzene rings is 1. The minimum Gasteiger partial charge on any atom is -0.490 e. The number of aryl methyl sites for hydroxylation is 1. The second-order valence-electron chi connectivity index (χ2n) is 4.25. The van der Waals surface area contributed by atoms with Gasteiger partial charge >= 0.3 is 0 Å². The van der Waals surface area contributed by atoms with E-state index in [0.717, 1.165) is 5.82 Å². The van der Waals surface area contributed by atoms with Gasteiger partial charge in [0.05, 0.1) is 6.61 Å². The highest BCUT2D eigenvalue weighted by atomic mass is 19.1. The Kier molecular flexibility index (Phi) is 3.94. The zero-order chi connectivity index (χ0) is 13.8. The summed E-state index contributed by atoms with van der Waals surface area (Å²) in [5.74, 6) is 0.339. The van der Waals surface area contributed by atoms with Gasteiger partial charge in [-0.25, -0.2) is 9.37 Å². The molecule has 0 spiro atoms. The van der Waals surface area contributed by atoms with Crippen molar-refractivity contribution in [1.82, 2.24) is 9.55 Å². The van der Waals surface area contributed by atoms with Gasteiger partial charge in [-0.15, -0.1) is 0 Å². The predicted molar refractivity (Wildman–Crippen MR) is 68.8 cm³/mol. The molecule has 0 radical (unpaired) electrons. The van der Waals surface area contributed by atoms with Crippen LogP contribution in [-0.4, -0.2) is 21.9 Å². The lowest BCUT2D eigenvalue weighted by Gasteiger charge is -2.08. The first-order chi connectivity index (χ1) is 9.08. The number of hydrogen-bond donors (Lipinski definition) is 0. The highest BCUT2D eigenvalue weighted by Crippen LogP contribution is 2.18. The van der Waals surface area contributed by atoms with E-state index in [4.69, 9.17) is 4.74 Å². The zero-order valence-corrected chi connectivity index (χ0v) is 10.9. The Bertz CT molecular complexity index is 593. The van der Waals surface area contributed by atoms with Gasteiger partial charge in [-0.2, -0.15) is 0 Å². The molecule has 0 fully saturated rings. The van der Waals surface area contributed by atoms with Crippen molar-refractivity contribution < 1.29 is 13.9 Å². The van der Waals surface area contributed by atoms with Crippen LogP contribution in [0.1, 0.15) is 23.1 Å². The quantitative estimate of drug-likeness (QED) is 0.777. The Balaban J connectivity index is 1.96. The average molecular weight is 262 g/mol. The van der Waals surface area contributed by atoms with Crippen LogP contribution in [0.25, 0.3) is 0 Å². The first-order valence-electron chi connectivity index (χ1n) is 5.97. The summed E-state index contributed by atoms with van der Waals surface area (Å²) in [4.78, 5) is 15.2. The molecule has 1 aromatic heterocycles. The van der Waals surface area contributed by atoms with E-state index in [1.54, 1.807) is 12.3 Å². The molecule has 4 nitrogen and oxygen atoms in total. The molecular weight excluding hydrogens is 247 g/mol. The van der Waals surface area contributed by atoms with Crippen molar-refractivity contribution in [1.29, 1.82) is 0 Å². The van der Waals surface area contributed by atoms with Crippen molar-refractivity contribution in [3.63, 3.8) is 0 Å². The van der Waals surface area contributed by atoms with Gasteiger partial charge in [0.15, 0.2) is 17.3 Å². The van der Waals surface area contributed by atoms with Gasteiger partial charge in [0.25, 0.3) is 0 Å². The lowest BCUT2D eigenvalue weighted by molar-refractivity contribution is 0.101. The molecule has 100 valence electrons. The smallest absolute Gasteiger partial charge is 0.165 e. The van der Waals surface area contributed by atoms with Crippen molar-refractivity contribution in [3.05, 3.63) is 47.8 Å². The third-order valence-corrected chi connectivity index (χ3v) is 2.84. The number of halogens is 1. The molecule has 0 N–H and O–H groups in total. The molecule has 0 aliphatic rings. The van der Waals surface area contributed by atoms with Crippen LogP contribution in [-0.2, 0) is 13.5 Å². The van der Waals surface area contributed by atoms with Gasteiger partial charge in [0.2, 0.25) is 0 Å². The van der Waals surface area contributed by atoms with Crippen LogP contribution in [0.5, 0.6) is 5.75 Å². The number of rotatable bonds is 5. The van der Waals surface area contributed by atoms with Crippen LogP contribution < -0.4 is 4.74 Å². The van der Waals surface area contributed by atoms with E-state index in [2.05, 4.69) is 4.98 Å². The molecule has 5 heteroatoms. The van der Waals surface area contributed by atoms with E-state index in [9.17, 15) is 9.18 Å². The maximum atomic E-state index is 13.7. The van der Waals surface area contributed by atoms with Crippen LogP contribution in [0.2, 0.25) is 0 Å². The van der Waals surface area contributed by atoms with Gasteiger partial charge in [-0.3, -0.25) is 4.79 Å². The fourth-order valence-electron chi connectivity index (χ4n) is 1.73. The Morgan fingerprint density at radius 2 is 2.26 bits per heavy atom. The summed E-state index contributed by atoms with van der Waals surface area (Å²) in [5.41, 5.74) is 0.342. The SMILES string of the molecule is CC(=O)c1ccc(OCCc2nccn2C)c(F)c1. The van der Waals surface area contributed by atoms with Gasteiger partial charge in [0.1, 0.15) is 5.82 Å². The lowest BCUT2D eigenvalue weighted by atomic mass is 10.1. The lowest BCUT2D eigenvalue weighted by Crippen LogP contribution is -2.07. The van der Waals surface area contributed by atoms with E-state index in [-0.39, 0.29) is 11.5 Å². The largest absolute Gasteiger partial charge is 0.490 e. The molecule has 2 rings (SSSR count). The second kappa shape index (κ2) is 5.65. The molecule has 19 heavy (non-hydrogen) atoms. The van der Waals surface area contributed by atoms with Gasteiger partial charge < -0.3 is 9.30 Å². The van der Waals surface area contributed by atoms with Gasteiger partial charge in [-0.05, 0) is 25.1 Å². The molecule has 1 heterocycles. The van der Waals surface area contributed by atoms with E-state index in [1.807, 2.05) is 17.8 Å². The number of carbonyl (C=O) groups excluding carboxylic acids is 1. The van der Waals surface area contributed by atoms with Crippen molar-refractivity contribution in [2.24, 2.45) is 7.05 Å². The Morgan fingerprint density at radius 3 is 2.84 bits per heavy atom. The number of ketones is 1. The van der Waals surface area contributed by atoms with Gasteiger partial charge in [-0.1, -0.05) is 0 Å². The number of nitrogens with zero attached hydrogens (tertiary/aromatic N) is 2. The number of carbonyl (C=O) groups is 1. The molecule has 0 aliphatic carbocycles. The molecule has 0 saturated carbocycles. The molecule has 0 unspecified atom stereocenters. The summed E-state index contributed by atoms with van der Waals surface area (Å²) in [5, 5.41) is 0. The minimum atomic E-state index is -0.521. The van der Waals surface area contributed by atoms with Gasteiger partial charge in [0, 0.05) is 31.4 Å². The van der Waals surface area contributed by atoms with Crippen molar-refractivity contribution >= 4 is 5.78 Å². The molecule has 0 bridgehead atoms. The third kappa shape index (κ3) is 3.19. The van der Waals surface area contributed by atoms with E-state index < -0.39 is 5.82 Å². The van der Waals surface area contributed by atoms with Crippen molar-refractivity contribution in [3.8, 4) is 5.75 Å². The molecule has 0 saturated heterocycles. The first-order valence-corrected chi connectivity index (χ1v) is 5.97. The van der Waals surface area contributed by atoms with Crippen molar-refractivity contribution in [2.45, 2.75) is 13.3 Å². The molecule has 0 atom stereocenters. The number of imidazole rings is 1. The summed E-state index contributed by atoms with van der Waals surface area (Å²) in [6.07, 6.45) is 4.15. The van der Waals surface area contributed by atoms with E-state index in [0.29, 0.717) is 18.6 Å². The fourth-order valence-corrected chi connectivity index (χ4v) is 1.73. The van der Waals surface area contributed by atoms with E-state index >= 15 is 0 Å². The predicted octanol–water partition coefficient (Wildman–Crippen LogP) is 2.38. The molecule has 2 aromatic rings. The average Bonchev–Trinajstić information content (AvgIpc) is 2.77. The summed E-state index contributed by atoms with van der Waals surface area (Å²) in [6, 6.07) is 4.23. The highest BCUT2D eigenvalue weighted by Gasteiger charge is 2.08. The Labute approximate surface area is 110 Å².